The Morgan fingerprint density at radius 3 is 1.72 bits per heavy atom. The van der Waals surface area contributed by atoms with Crippen molar-refractivity contribution in [2.45, 2.75) is 37.5 Å². The summed E-state index contributed by atoms with van der Waals surface area (Å²) in [5.41, 5.74) is 22.1. The summed E-state index contributed by atoms with van der Waals surface area (Å²) < 4.78 is 0. The van der Waals surface area contributed by atoms with E-state index in [2.05, 4.69) is 195 Å². The van der Waals surface area contributed by atoms with E-state index in [9.17, 15) is 0 Å². The Balaban J connectivity index is 1.19. The topological polar surface area (TPSA) is 3.24 Å². The molecular weight excluding hydrogens is 639 g/mol. The van der Waals surface area contributed by atoms with E-state index in [1.54, 1.807) is 0 Å². The van der Waals surface area contributed by atoms with Crippen molar-refractivity contribution in [3.8, 4) is 33.4 Å². The fraction of sp³-hybridized carbons (Fsp3) is 0.115. The standard InChI is InChI=1S/C52H39N/c1-51(2)44-23-11-6-19-38(44)42-30-28-35(32-48(42)51)53(50-27-15-10-18-37(50)34-16-4-3-5-17-34)36-29-31-43-41-22-9-14-26-47(41)52(49(43)33-36)45-24-12-7-20-39(45)40-21-8-13-25-46(40)52/h3-7,9-20,22-33H,8,21H2,1-2H3. The maximum Gasteiger partial charge on any atom is 0.0722 e. The van der Waals surface area contributed by atoms with Crippen molar-refractivity contribution in [2.75, 3.05) is 4.90 Å². The van der Waals surface area contributed by atoms with E-state index >= 15 is 0 Å². The summed E-state index contributed by atoms with van der Waals surface area (Å²) in [6.45, 7) is 4.75. The highest BCUT2D eigenvalue weighted by atomic mass is 15.1. The molecule has 1 atom stereocenters. The first-order valence-electron chi connectivity index (χ1n) is 19.0. The van der Waals surface area contributed by atoms with Gasteiger partial charge in [-0.15, -0.1) is 0 Å². The highest BCUT2D eigenvalue weighted by Crippen LogP contribution is 2.64. The summed E-state index contributed by atoms with van der Waals surface area (Å²) in [5.74, 6) is 0. The lowest BCUT2D eigenvalue weighted by atomic mass is 9.69. The lowest BCUT2D eigenvalue weighted by molar-refractivity contribution is 0.660. The van der Waals surface area contributed by atoms with Crippen molar-refractivity contribution in [1.82, 2.24) is 0 Å². The molecular formula is C52H39N. The van der Waals surface area contributed by atoms with Crippen LogP contribution in [0.15, 0.2) is 182 Å². The number of rotatable bonds is 4. The van der Waals surface area contributed by atoms with Gasteiger partial charge < -0.3 is 4.90 Å². The van der Waals surface area contributed by atoms with Crippen molar-refractivity contribution in [2.24, 2.45) is 0 Å². The van der Waals surface area contributed by atoms with Crippen molar-refractivity contribution in [3.05, 3.63) is 215 Å². The summed E-state index contributed by atoms with van der Waals surface area (Å²) >= 11 is 0. The number of benzene rings is 7. The van der Waals surface area contributed by atoms with Gasteiger partial charge in [0.15, 0.2) is 0 Å². The summed E-state index contributed by atoms with van der Waals surface area (Å²) in [6.07, 6.45) is 7.00. The monoisotopic (exact) mass is 677 g/mol. The Bertz CT molecular complexity index is 2710. The average molecular weight is 678 g/mol. The summed E-state index contributed by atoms with van der Waals surface area (Å²) in [7, 11) is 0. The Labute approximate surface area is 312 Å². The molecule has 53 heavy (non-hydrogen) atoms. The van der Waals surface area contributed by atoms with Gasteiger partial charge in [-0.05, 0) is 116 Å². The van der Waals surface area contributed by atoms with Gasteiger partial charge in [0.2, 0.25) is 0 Å². The lowest BCUT2D eigenvalue weighted by Gasteiger charge is -2.34. The average Bonchev–Trinajstić information content (AvgIpc) is 3.77. The van der Waals surface area contributed by atoms with Crippen LogP contribution in [0.25, 0.3) is 39.0 Å². The normalized spacial score (nSPS) is 17.9. The van der Waals surface area contributed by atoms with Crippen LogP contribution >= 0.6 is 0 Å². The third kappa shape index (κ3) is 4.08. The molecule has 1 heteroatoms. The predicted octanol–water partition coefficient (Wildman–Crippen LogP) is 13.6. The molecule has 0 N–H and O–H groups in total. The van der Waals surface area contributed by atoms with E-state index in [0.717, 1.165) is 12.8 Å². The first-order chi connectivity index (χ1) is 26.1. The van der Waals surface area contributed by atoms with E-state index < -0.39 is 0 Å². The smallest absolute Gasteiger partial charge is 0.0722 e. The zero-order valence-electron chi connectivity index (χ0n) is 30.1. The number of hydrogen-bond donors (Lipinski definition) is 0. The third-order valence-corrected chi connectivity index (χ3v) is 12.6. The molecule has 7 aromatic carbocycles. The molecule has 0 saturated heterocycles. The molecule has 11 rings (SSSR count). The number of fused-ring (bicyclic) bond motifs is 12. The molecule has 0 saturated carbocycles. The van der Waals surface area contributed by atoms with Gasteiger partial charge in [-0.2, -0.15) is 0 Å². The molecule has 0 heterocycles. The zero-order chi connectivity index (χ0) is 35.3. The van der Waals surface area contributed by atoms with Gasteiger partial charge in [0.05, 0.1) is 11.1 Å². The summed E-state index contributed by atoms with van der Waals surface area (Å²) in [4.78, 5) is 2.52. The molecule has 0 aromatic heterocycles. The summed E-state index contributed by atoms with van der Waals surface area (Å²) in [5, 5.41) is 0. The SMILES string of the molecule is CC1(C)c2ccccc2-c2ccc(N(c3ccc4c(c3)C3(C5=C(CCC=C5)c5ccccc53)c3ccccc3-4)c3ccccc3-c3ccccc3)cc21. The highest BCUT2D eigenvalue weighted by molar-refractivity contribution is 5.98. The zero-order valence-corrected chi connectivity index (χ0v) is 30.1. The molecule has 0 bridgehead atoms. The first-order valence-corrected chi connectivity index (χ1v) is 19.0. The van der Waals surface area contributed by atoms with Crippen molar-refractivity contribution in [3.63, 3.8) is 0 Å². The van der Waals surface area contributed by atoms with Gasteiger partial charge in [0, 0.05) is 22.4 Å². The quantitative estimate of drug-likeness (QED) is 0.179. The van der Waals surface area contributed by atoms with Crippen LogP contribution in [0.3, 0.4) is 0 Å². The second-order valence-corrected chi connectivity index (χ2v) is 15.5. The number of anilines is 3. The molecule has 0 radical (unpaired) electrons. The number of para-hydroxylation sites is 1. The minimum atomic E-state index is -0.364. The maximum atomic E-state index is 2.53. The molecule has 0 aliphatic heterocycles. The Morgan fingerprint density at radius 2 is 0.981 bits per heavy atom. The van der Waals surface area contributed by atoms with Gasteiger partial charge in [-0.3, -0.25) is 0 Å². The number of allylic oxidation sites excluding steroid dienone is 4. The Kier molecular flexibility index (Phi) is 6.41. The third-order valence-electron chi connectivity index (χ3n) is 12.6. The van der Waals surface area contributed by atoms with Crippen LogP contribution in [-0.4, -0.2) is 0 Å². The van der Waals surface area contributed by atoms with Gasteiger partial charge in [0.25, 0.3) is 0 Å². The lowest BCUT2D eigenvalue weighted by Crippen LogP contribution is -2.27. The molecule has 4 aliphatic carbocycles. The fourth-order valence-corrected chi connectivity index (χ4v) is 10.3. The van der Waals surface area contributed by atoms with Crippen molar-refractivity contribution < 1.29 is 0 Å². The van der Waals surface area contributed by atoms with E-state index in [0.29, 0.717) is 0 Å². The largest absolute Gasteiger partial charge is 0.310 e. The second kappa shape index (κ2) is 11.2. The number of hydrogen-bond acceptors (Lipinski definition) is 1. The molecule has 252 valence electrons. The Morgan fingerprint density at radius 1 is 0.453 bits per heavy atom. The molecule has 1 nitrogen and oxygen atoms in total. The molecule has 4 aliphatic rings. The van der Waals surface area contributed by atoms with E-state index in [-0.39, 0.29) is 10.8 Å². The van der Waals surface area contributed by atoms with E-state index in [4.69, 9.17) is 0 Å². The van der Waals surface area contributed by atoms with Crippen LogP contribution in [0.4, 0.5) is 17.1 Å². The molecule has 1 unspecified atom stereocenters. The van der Waals surface area contributed by atoms with Crippen LogP contribution < -0.4 is 4.90 Å². The molecule has 0 fully saturated rings. The first kappa shape index (κ1) is 30.4. The maximum absolute atomic E-state index is 2.53. The van der Waals surface area contributed by atoms with Gasteiger partial charge in [0.1, 0.15) is 0 Å². The Hall–Kier alpha value is -6.18. The predicted molar refractivity (Wildman–Crippen MR) is 221 cm³/mol. The van der Waals surface area contributed by atoms with Crippen LogP contribution in [0.2, 0.25) is 0 Å². The molecule has 1 spiro atoms. The molecule has 0 amide bonds. The van der Waals surface area contributed by atoms with E-state index in [1.807, 2.05) is 0 Å². The fourth-order valence-electron chi connectivity index (χ4n) is 10.3. The van der Waals surface area contributed by atoms with Crippen LogP contribution in [0.5, 0.6) is 0 Å². The van der Waals surface area contributed by atoms with Crippen LogP contribution in [0.1, 0.15) is 60.1 Å². The van der Waals surface area contributed by atoms with Gasteiger partial charge in [-0.1, -0.05) is 159 Å². The van der Waals surface area contributed by atoms with Crippen molar-refractivity contribution in [1.29, 1.82) is 0 Å². The van der Waals surface area contributed by atoms with E-state index in [1.165, 1.54) is 95.0 Å². The second-order valence-electron chi connectivity index (χ2n) is 15.5. The van der Waals surface area contributed by atoms with Crippen molar-refractivity contribution >= 4 is 22.6 Å². The van der Waals surface area contributed by atoms with Crippen LogP contribution in [-0.2, 0) is 10.8 Å². The van der Waals surface area contributed by atoms with Crippen LogP contribution in [0, 0.1) is 0 Å². The molecule has 7 aromatic rings. The number of nitrogens with zero attached hydrogens (tertiary/aromatic N) is 1. The highest BCUT2D eigenvalue weighted by Gasteiger charge is 2.52. The van der Waals surface area contributed by atoms with Gasteiger partial charge in [-0.25, -0.2) is 0 Å². The van der Waals surface area contributed by atoms with Gasteiger partial charge >= 0.3 is 0 Å². The minimum Gasteiger partial charge on any atom is -0.310 e. The minimum absolute atomic E-state index is 0.111. The summed E-state index contributed by atoms with van der Waals surface area (Å²) in [6, 6.07) is 61.5.